The van der Waals surface area contributed by atoms with E-state index >= 15 is 0 Å². The number of benzene rings is 1. The van der Waals surface area contributed by atoms with E-state index in [1.54, 1.807) is 19.1 Å². The number of rotatable bonds is 6. The van der Waals surface area contributed by atoms with E-state index < -0.39 is 28.0 Å². The summed E-state index contributed by atoms with van der Waals surface area (Å²) in [4.78, 5) is 25.0. The van der Waals surface area contributed by atoms with Crippen LogP contribution in [0.1, 0.15) is 22.2 Å². The molecule has 1 N–H and O–H groups in total. The third-order valence-corrected chi connectivity index (χ3v) is 8.79. The zero-order valence-electron chi connectivity index (χ0n) is 15.4. The fourth-order valence-corrected chi connectivity index (χ4v) is 4.91. The zero-order chi connectivity index (χ0) is 21.2. The van der Waals surface area contributed by atoms with Crippen molar-refractivity contribution in [1.29, 1.82) is 0 Å². The molecule has 0 aliphatic rings. The van der Waals surface area contributed by atoms with Gasteiger partial charge in [0, 0.05) is 24.3 Å². The second kappa shape index (κ2) is 9.04. The Morgan fingerprint density at radius 3 is 2.39 bits per heavy atom. The van der Waals surface area contributed by atoms with Gasteiger partial charge in [0.15, 0.2) is 6.10 Å². The topological polar surface area (TPSA) is 92.8 Å². The van der Waals surface area contributed by atoms with E-state index in [4.69, 9.17) is 4.74 Å². The summed E-state index contributed by atoms with van der Waals surface area (Å²) in [5.74, 6) is -1.19. The molecule has 152 valence electrons. The van der Waals surface area contributed by atoms with Gasteiger partial charge in [-0.1, -0.05) is 6.07 Å². The smallest absolute Gasteiger partial charge is 0.349 e. The fourth-order valence-electron chi connectivity index (χ4n) is 2.06. The second-order valence-electron chi connectivity index (χ2n) is 6.03. The lowest BCUT2D eigenvalue weighted by atomic mass is 10.2. The van der Waals surface area contributed by atoms with E-state index in [2.05, 4.69) is 37.2 Å². The lowest BCUT2D eigenvalue weighted by Crippen LogP contribution is -2.30. The number of aryl methyl sites for hydroxylation is 1. The van der Waals surface area contributed by atoms with Gasteiger partial charge in [-0.3, -0.25) is 4.79 Å². The minimum atomic E-state index is -3.64. The van der Waals surface area contributed by atoms with Crippen molar-refractivity contribution in [3.63, 3.8) is 0 Å². The minimum absolute atomic E-state index is 0.0522. The summed E-state index contributed by atoms with van der Waals surface area (Å²) < 4.78 is 32.3. The molecule has 0 aliphatic heterocycles. The van der Waals surface area contributed by atoms with Crippen molar-refractivity contribution in [1.82, 2.24) is 4.31 Å². The van der Waals surface area contributed by atoms with Crippen LogP contribution in [0.15, 0.2) is 37.4 Å². The molecule has 7 nitrogen and oxygen atoms in total. The Balaban J connectivity index is 2.14. The molecule has 1 unspecified atom stereocenters. The Bertz CT molecular complexity index is 999. The average Bonchev–Trinajstić information content (AvgIpc) is 2.95. The van der Waals surface area contributed by atoms with Gasteiger partial charge in [0.1, 0.15) is 4.88 Å². The van der Waals surface area contributed by atoms with Crippen LogP contribution in [-0.4, -0.2) is 44.8 Å². The summed E-state index contributed by atoms with van der Waals surface area (Å²) in [6.45, 7) is 3.18. The number of ether oxygens (including phenoxy) is 1. The van der Waals surface area contributed by atoms with Crippen LogP contribution >= 0.6 is 43.2 Å². The van der Waals surface area contributed by atoms with E-state index in [1.165, 1.54) is 44.5 Å². The van der Waals surface area contributed by atoms with Gasteiger partial charge in [-0.05, 0) is 69.5 Å². The van der Waals surface area contributed by atoms with Crippen LogP contribution in [0.3, 0.4) is 0 Å². The first-order chi connectivity index (χ1) is 12.9. The number of anilines is 1. The SMILES string of the molecule is Cc1ccc(S(=O)(=O)N(C)C)cc1NC(=O)C(C)OC(=O)c1cc(Br)c(Br)s1. The summed E-state index contributed by atoms with van der Waals surface area (Å²) in [5, 5.41) is 2.62. The van der Waals surface area contributed by atoms with Crippen LogP contribution in [0.2, 0.25) is 0 Å². The monoisotopic (exact) mass is 552 g/mol. The van der Waals surface area contributed by atoms with Crippen LogP contribution in [-0.2, 0) is 19.6 Å². The molecule has 1 heterocycles. The lowest BCUT2D eigenvalue weighted by Gasteiger charge is -2.16. The quantitative estimate of drug-likeness (QED) is 0.545. The average molecular weight is 554 g/mol. The summed E-state index contributed by atoms with van der Waals surface area (Å²) in [6, 6.07) is 6.05. The number of thiophene rings is 1. The van der Waals surface area contributed by atoms with Gasteiger partial charge in [-0.2, -0.15) is 0 Å². The first-order valence-corrected chi connectivity index (χ1v) is 11.8. The van der Waals surface area contributed by atoms with E-state index in [0.717, 1.165) is 12.6 Å². The van der Waals surface area contributed by atoms with Gasteiger partial charge in [0.2, 0.25) is 10.0 Å². The molecule has 1 amide bonds. The van der Waals surface area contributed by atoms with Crippen molar-refractivity contribution in [2.45, 2.75) is 24.8 Å². The van der Waals surface area contributed by atoms with Crippen molar-refractivity contribution < 1.29 is 22.7 Å². The van der Waals surface area contributed by atoms with Gasteiger partial charge < -0.3 is 10.1 Å². The Labute approximate surface area is 184 Å². The van der Waals surface area contributed by atoms with Gasteiger partial charge in [-0.15, -0.1) is 11.3 Å². The maximum absolute atomic E-state index is 12.4. The van der Waals surface area contributed by atoms with Crippen LogP contribution < -0.4 is 5.32 Å². The third-order valence-electron chi connectivity index (χ3n) is 3.74. The van der Waals surface area contributed by atoms with Crippen molar-refractivity contribution in [2.75, 3.05) is 19.4 Å². The van der Waals surface area contributed by atoms with Crippen LogP contribution in [0.4, 0.5) is 5.69 Å². The highest BCUT2D eigenvalue weighted by molar-refractivity contribution is 9.13. The van der Waals surface area contributed by atoms with Crippen LogP contribution in [0.25, 0.3) is 0 Å². The fraction of sp³-hybridized carbons (Fsp3) is 0.294. The highest BCUT2D eigenvalue weighted by Crippen LogP contribution is 2.33. The predicted molar refractivity (Wildman–Crippen MR) is 115 cm³/mol. The highest BCUT2D eigenvalue weighted by atomic mass is 79.9. The minimum Gasteiger partial charge on any atom is -0.448 e. The molecule has 0 saturated carbocycles. The number of carbonyl (C=O) groups excluding carboxylic acids is 2. The van der Waals surface area contributed by atoms with Crippen molar-refractivity contribution in [3.05, 3.63) is 43.0 Å². The van der Waals surface area contributed by atoms with Gasteiger partial charge in [-0.25, -0.2) is 17.5 Å². The van der Waals surface area contributed by atoms with Gasteiger partial charge >= 0.3 is 5.97 Å². The Morgan fingerprint density at radius 1 is 1.21 bits per heavy atom. The number of nitrogens with zero attached hydrogens (tertiary/aromatic N) is 1. The molecular formula is C17H18Br2N2O5S2. The number of amides is 1. The van der Waals surface area contributed by atoms with E-state index in [-0.39, 0.29) is 4.90 Å². The molecule has 1 atom stereocenters. The largest absolute Gasteiger partial charge is 0.448 e. The molecule has 1 aromatic carbocycles. The number of nitrogens with one attached hydrogen (secondary N) is 1. The van der Waals surface area contributed by atoms with E-state index in [0.29, 0.717) is 16.1 Å². The molecule has 0 bridgehead atoms. The molecule has 0 aliphatic carbocycles. The molecule has 0 radical (unpaired) electrons. The summed E-state index contributed by atoms with van der Waals surface area (Å²) in [7, 11) is -0.786. The molecule has 2 rings (SSSR count). The number of halogens is 2. The summed E-state index contributed by atoms with van der Waals surface area (Å²) in [5.41, 5.74) is 1.01. The Kier molecular flexibility index (Phi) is 7.43. The molecule has 28 heavy (non-hydrogen) atoms. The van der Waals surface area contributed by atoms with Gasteiger partial charge in [0.25, 0.3) is 5.91 Å². The van der Waals surface area contributed by atoms with Crippen molar-refractivity contribution >= 4 is 70.8 Å². The number of hydrogen-bond acceptors (Lipinski definition) is 6. The first kappa shape index (κ1) is 23.0. The van der Waals surface area contributed by atoms with Crippen molar-refractivity contribution in [3.8, 4) is 0 Å². The number of carbonyl (C=O) groups is 2. The van der Waals surface area contributed by atoms with E-state index in [9.17, 15) is 18.0 Å². The second-order valence-corrected chi connectivity index (χ2v) is 11.4. The number of esters is 1. The maximum atomic E-state index is 12.4. The molecule has 1 aromatic heterocycles. The normalized spacial score (nSPS) is 12.7. The molecule has 0 spiro atoms. The standard InChI is InChI=1S/C17H18Br2N2O5S2/c1-9-5-6-11(28(24,25)21(3)4)7-13(9)20-16(22)10(2)26-17(23)14-8-12(18)15(19)27-14/h5-8,10H,1-4H3,(H,20,22). The van der Waals surface area contributed by atoms with Crippen molar-refractivity contribution in [2.24, 2.45) is 0 Å². The Hall–Kier alpha value is -1.27. The van der Waals surface area contributed by atoms with Crippen LogP contribution in [0, 0.1) is 6.92 Å². The molecular weight excluding hydrogens is 536 g/mol. The van der Waals surface area contributed by atoms with Crippen LogP contribution in [0.5, 0.6) is 0 Å². The van der Waals surface area contributed by atoms with E-state index in [1.807, 2.05) is 0 Å². The molecule has 11 heteroatoms. The zero-order valence-corrected chi connectivity index (χ0v) is 20.3. The Morgan fingerprint density at radius 2 is 1.86 bits per heavy atom. The third kappa shape index (κ3) is 5.20. The molecule has 2 aromatic rings. The maximum Gasteiger partial charge on any atom is 0.349 e. The number of hydrogen-bond donors (Lipinski definition) is 1. The lowest BCUT2D eigenvalue weighted by molar-refractivity contribution is -0.123. The summed E-state index contributed by atoms with van der Waals surface area (Å²) >= 11 is 7.77. The summed E-state index contributed by atoms with van der Waals surface area (Å²) in [6.07, 6.45) is -1.07. The first-order valence-electron chi connectivity index (χ1n) is 7.93. The molecule has 0 fully saturated rings. The van der Waals surface area contributed by atoms with Gasteiger partial charge in [0.05, 0.1) is 8.68 Å². The highest BCUT2D eigenvalue weighted by Gasteiger charge is 2.23. The molecule has 0 saturated heterocycles. The number of sulfonamides is 1. The predicted octanol–water partition coefficient (Wildman–Crippen LogP) is 4.02.